The molecular formula is C25H18FN3O2S. The van der Waals surface area contributed by atoms with Crippen molar-refractivity contribution in [2.45, 2.75) is 11.4 Å². The highest BCUT2D eigenvalue weighted by atomic mass is 32.2. The number of rotatable bonds is 3. The van der Waals surface area contributed by atoms with Crippen molar-refractivity contribution in [3.63, 3.8) is 0 Å². The maximum atomic E-state index is 13.9. The van der Waals surface area contributed by atoms with E-state index in [1.165, 1.54) is 36.0 Å². The van der Waals surface area contributed by atoms with Crippen LogP contribution in [0.1, 0.15) is 27.0 Å². The van der Waals surface area contributed by atoms with E-state index in [1.807, 2.05) is 30.3 Å². The number of halogens is 1. The summed E-state index contributed by atoms with van der Waals surface area (Å²) in [4.78, 5) is 29.5. The zero-order valence-electron chi connectivity index (χ0n) is 17.0. The number of anilines is 1. The molecule has 0 bridgehead atoms. The molecule has 7 heteroatoms. The molecule has 1 atom stereocenters. The summed E-state index contributed by atoms with van der Waals surface area (Å²) in [5.74, 6) is -0.282. The van der Waals surface area contributed by atoms with Gasteiger partial charge in [0.25, 0.3) is 11.8 Å². The maximum absolute atomic E-state index is 13.9. The van der Waals surface area contributed by atoms with Crippen LogP contribution in [0.15, 0.2) is 72.8 Å². The fourth-order valence-corrected chi connectivity index (χ4v) is 5.86. The Kier molecular flexibility index (Phi) is 4.95. The molecule has 158 valence electrons. The van der Waals surface area contributed by atoms with Crippen LogP contribution >= 0.6 is 11.8 Å². The van der Waals surface area contributed by atoms with Crippen molar-refractivity contribution in [2.75, 3.05) is 17.2 Å². The molecule has 1 saturated heterocycles. The van der Waals surface area contributed by atoms with Gasteiger partial charge in [0.05, 0.1) is 23.9 Å². The number of thioether (sulfide) groups is 1. The largest absolute Gasteiger partial charge is 0.311 e. The minimum Gasteiger partial charge on any atom is -0.311 e. The number of nitriles is 1. The van der Waals surface area contributed by atoms with Gasteiger partial charge in [-0.1, -0.05) is 30.3 Å². The Hall–Kier alpha value is -3.63. The van der Waals surface area contributed by atoms with E-state index in [0.29, 0.717) is 30.0 Å². The van der Waals surface area contributed by atoms with Gasteiger partial charge in [-0.2, -0.15) is 5.26 Å². The average molecular weight is 444 g/mol. The number of amides is 2. The first kappa shape index (κ1) is 20.3. The summed E-state index contributed by atoms with van der Waals surface area (Å²) in [5.41, 5.74) is 3.24. The Bertz CT molecular complexity index is 1270. The monoisotopic (exact) mass is 443 g/mol. The Morgan fingerprint density at radius 2 is 1.88 bits per heavy atom. The van der Waals surface area contributed by atoms with Gasteiger partial charge in [-0.3, -0.25) is 9.59 Å². The highest BCUT2D eigenvalue weighted by Crippen LogP contribution is 2.54. The molecule has 2 aliphatic rings. The standard InChI is InChI=1S/C25H18FN3O2S/c26-20-10-8-19(9-11-20)23(30)29-12-13-32-25(29)21-6-1-2-7-22(21)28(24(25)31)16-18-5-3-4-17(14-18)15-27/h1-11,14H,12-13,16H2. The van der Waals surface area contributed by atoms with Gasteiger partial charge in [0.15, 0.2) is 4.87 Å². The van der Waals surface area contributed by atoms with E-state index in [9.17, 15) is 19.2 Å². The van der Waals surface area contributed by atoms with E-state index in [2.05, 4.69) is 6.07 Å². The van der Waals surface area contributed by atoms with Crippen molar-refractivity contribution < 1.29 is 14.0 Å². The van der Waals surface area contributed by atoms with Gasteiger partial charge in [0.1, 0.15) is 5.82 Å². The molecule has 3 aromatic carbocycles. The fraction of sp³-hybridized carbons (Fsp3) is 0.160. The van der Waals surface area contributed by atoms with E-state index in [1.54, 1.807) is 28.0 Å². The number of carbonyl (C=O) groups is 2. The third-order valence-corrected chi connectivity index (χ3v) is 7.25. The molecule has 2 amide bonds. The summed E-state index contributed by atoms with van der Waals surface area (Å²) in [6.07, 6.45) is 0. The Morgan fingerprint density at radius 3 is 2.66 bits per heavy atom. The van der Waals surface area contributed by atoms with Gasteiger partial charge in [-0.15, -0.1) is 11.8 Å². The second kappa shape index (κ2) is 7.81. The quantitative estimate of drug-likeness (QED) is 0.606. The molecule has 0 radical (unpaired) electrons. The summed E-state index contributed by atoms with van der Waals surface area (Å²) < 4.78 is 13.4. The number of nitrogens with zero attached hydrogens (tertiary/aromatic N) is 3. The van der Waals surface area contributed by atoms with Crippen LogP contribution < -0.4 is 4.90 Å². The molecule has 0 saturated carbocycles. The minimum absolute atomic E-state index is 0.181. The summed E-state index contributed by atoms with van der Waals surface area (Å²) in [7, 11) is 0. The predicted octanol–water partition coefficient (Wildman–Crippen LogP) is 4.29. The van der Waals surface area contributed by atoms with Gasteiger partial charge in [0.2, 0.25) is 0 Å². The molecule has 1 spiro atoms. The zero-order chi connectivity index (χ0) is 22.3. The number of hydrogen-bond acceptors (Lipinski definition) is 4. The van der Waals surface area contributed by atoms with E-state index in [-0.39, 0.29) is 11.8 Å². The second-order valence-electron chi connectivity index (χ2n) is 7.68. The molecule has 2 heterocycles. The molecule has 1 fully saturated rings. The first-order valence-corrected chi connectivity index (χ1v) is 11.1. The van der Waals surface area contributed by atoms with Crippen molar-refractivity contribution in [1.82, 2.24) is 4.90 Å². The lowest BCUT2D eigenvalue weighted by Crippen LogP contribution is -2.50. The predicted molar refractivity (Wildman–Crippen MR) is 120 cm³/mol. The molecular weight excluding hydrogens is 425 g/mol. The third-order valence-electron chi connectivity index (χ3n) is 5.83. The fourth-order valence-electron chi connectivity index (χ4n) is 4.40. The number of fused-ring (bicyclic) bond motifs is 2. The van der Waals surface area contributed by atoms with Crippen molar-refractivity contribution in [3.05, 3.63) is 101 Å². The van der Waals surface area contributed by atoms with Crippen molar-refractivity contribution in [2.24, 2.45) is 0 Å². The maximum Gasteiger partial charge on any atom is 0.268 e. The average Bonchev–Trinajstić information content (AvgIpc) is 3.36. The highest BCUT2D eigenvalue weighted by molar-refractivity contribution is 8.01. The van der Waals surface area contributed by atoms with Gasteiger partial charge in [-0.25, -0.2) is 4.39 Å². The van der Waals surface area contributed by atoms with E-state index in [4.69, 9.17) is 0 Å². The summed E-state index contributed by atoms with van der Waals surface area (Å²) in [5, 5.41) is 9.22. The van der Waals surface area contributed by atoms with Crippen LogP contribution in [-0.4, -0.2) is 29.0 Å². The van der Waals surface area contributed by atoms with Gasteiger partial charge in [0, 0.05) is 23.4 Å². The molecule has 3 aromatic rings. The molecule has 1 unspecified atom stereocenters. The summed E-state index contributed by atoms with van der Waals surface area (Å²) >= 11 is 1.45. The van der Waals surface area contributed by atoms with Gasteiger partial charge >= 0.3 is 0 Å². The summed E-state index contributed by atoms with van der Waals surface area (Å²) in [6.45, 7) is 0.713. The van der Waals surface area contributed by atoms with Gasteiger partial charge < -0.3 is 9.80 Å². The smallest absolute Gasteiger partial charge is 0.268 e. The van der Waals surface area contributed by atoms with Crippen LogP contribution in [-0.2, 0) is 16.2 Å². The SMILES string of the molecule is N#Cc1cccc(CN2C(=O)C3(SCCN3C(=O)c3ccc(F)cc3)c3ccccc32)c1. The Balaban J connectivity index is 1.56. The van der Waals surface area contributed by atoms with Crippen LogP contribution in [0, 0.1) is 17.1 Å². The number of benzene rings is 3. The number of carbonyl (C=O) groups excluding carboxylic acids is 2. The minimum atomic E-state index is -1.16. The Labute approximate surface area is 189 Å². The number of hydrogen-bond donors (Lipinski definition) is 0. The molecule has 5 rings (SSSR count). The topological polar surface area (TPSA) is 64.4 Å². The zero-order valence-corrected chi connectivity index (χ0v) is 17.8. The molecule has 0 N–H and O–H groups in total. The first-order valence-electron chi connectivity index (χ1n) is 10.2. The first-order chi connectivity index (χ1) is 15.5. The summed E-state index contributed by atoms with van der Waals surface area (Å²) in [6, 6.07) is 22.2. The Morgan fingerprint density at radius 1 is 1.09 bits per heavy atom. The lowest BCUT2D eigenvalue weighted by Gasteiger charge is -2.33. The lowest BCUT2D eigenvalue weighted by molar-refractivity contribution is -0.123. The van der Waals surface area contributed by atoms with Crippen LogP contribution in [0.3, 0.4) is 0 Å². The lowest BCUT2D eigenvalue weighted by atomic mass is 10.0. The van der Waals surface area contributed by atoms with Crippen LogP contribution in [0.5, 0.6) is 0 Å². The molecule has 0 aliphatic carbocycles. The van der Waals surface area contributed by atoms with Crippen molar-refractivity contribution in [1.29, 1.82) is 5.26 Å². The molecule has 5 nitrogen and oxygen atoms in total. The van der Waals surface area contributed by atoms with Gasteiger partial charge in [-0.05, 0) is 48.0 Å². The third kappa shape index (κ3) is 3.07. The van der Waals surface area contributed by atoms with E-state index < -0.39 is 10.7 Å². The highest BCUT2D eigenvalue weighted by Gasteiger charge is 2.59. The van der Waals surface area contributed by atoms with Crippen LogP contribution in [0.4, 0.5) is 10.1 Å². The number of para-hydroxylation sites is 1. The molecule has 32 heavy (non-hydrogen) atoms. The van der Waals surface area contributed by atoms with Crippen LogP contribution in [0.25, 0.3) is 0 Å². The van der Waals surface area contributed by atoms with Crippen molar-refractivity contribution in [3.8, 4) is 6.07 Å². The van der Waals surface area contributed by atoms with E-state index >= 15 is 0 Å². The molecule has 0 aromatic heterocycles. The second-order valence-corrected chi connectivity index (χ2v) is 8.96. The molecule has 2 aliphatic heterocycles. The normalized spacial score (nSPS) is 19.3. The van der Waals surface area contributed by atoms with Crippen LogP contribution in [0.2, 0.25) is 0 Å². The van der Waals surface area contributed by atoms with E-state index in [0.717, 1.165) is 16.8 Å². The van der Waals surface area contributed by atoms with Crippen molar-refractivity contribution >= 4 is 29.3 Å².